The molecule has 2 rings (SSSR count). The zero-order chi connectivity index (χ0) is 11.2. The number of rotatable bonds is 4. The van der Waals surface area contributed by atoms with E-state index < -0.39 is 0 Å². The van der Waals surface area contributed by atoms with Crippen LogP contribution in [-0.4, -0.2) is 30.0 Å². The summed E-state index contributed by atoms with van der Waals surface area (Å²) >= 11 is 0. The van der Waals surface area contributed by atoms with Gasteiger partial charge in [0.05, 0.1) is 0 Å². The first-order valence-corrected chi connectivity index (χ1v) is 5.74. The van der Waals surface area contributed by atoms with E-state index in [1.165, 1.54) is 0 Å². The van der Waals surface area contributed by atoms with Crippen LogP contribution in [0.5, 0.6) is 0 Å². The van der Waals surface area contributed by atoms with Gasteiger partial charge in [0.15, 0.2) is 0 Å². The van der Waals surface area contributed by atoms with E-state index in [4.69, 9.17) is 0 Å². The molecule has 1 unspecified atom stereocenters. The van der Waals surface area contributed by atoms with Gasteiger partial charge in [0, 0.05) is 30.9 Å². The number of hydrogen-bond donors (Lipinski definition) is 2. The first-order chi connectivity index (χ1) is 7.84. The number of amides is 1. The first-order valence-electron chi connectivity index (χ1n) is 5.74. The van der Waals surface area contributed by atoms with Crippen molar-refractivity contribution in [1.29, 1.82) is 0 Å². The Morgan fingerprint density at radius 3 is 2.89 bits per heavy atom. The minimum atomic E-state index is 0. The molecule has 0 bridgehead atoms. The number of aryl methyl sites for hydroxylation is 1. The molecule has 1 saturated heterocycles. The van der Waals surface area contributed by atoms with E-state index in [1.807, 2.05) is 18.2 Å². The number of halogens is 2. The second-order valence-electron chi connectivity index (χ2n) is 4.08. The number of aromatic nitrogens is 1. The van der Waals surface area contributed by atoms with Crippen LogP contribution in [0.2, 0.25) is 0 Å². The van der Waals surface area contributed by atoms with E-state index in [0.29, 0.717) is 18.9 Å². The van der Waals surface area contributed by atoms with Crippen LogP contribution in [0.1, 0.15) is 18.5 Å². The number of nitrogens with zero attached hydrogens (tertiary/aromatic N) is 1. The molecule has 6 heteroatoms. The van der Waals surface area contributed by atoms with E-state index in [0.717, 1.165) is 25.2 Å². The van der Waals surface area contributed by atoms with Gasteiger partial charge in [0.1, 0.15) is 0 Å². The average molecular weight is 292 g/mol. The summed E-state index contributed by atoms with van der Waals surface area (Å²) in [6.07, 6.45) is 4.03. The summed E-state index contributed by atoms with van der Waals surface area (Å²) in [4.78, 5) is 15.8. The number of carbonyl (C=O) groups excluding carboxylic acids is 1. The number of carbonyl (C=O) groups is 1. The molecule has 102 valence electrons. The second kappa shape index (κ2) is 9.14. The fraction of sp³-hybridized carbons (Fsp3) is 0.500. The highest BCUT2D eigenvalue weighted by molar-refractivity contribution is 5.85. The van der Waals surface area contributed by atoms with Gasteiger partial charge in [-0.3, -0.25) is 9.78 Å². The summed E-state index contributed by atoms with van der Waals surface area (Å²) in [6, 6.07) is 6.09. The smallest absolute Gasteiger partial charge is 0.220 e. The van der Waals surface area contributed by atoms with Crippen molar-refractivity contribution in [2.45, 2.75) is 25.3 Å². The van der Waals surface area contributed by atoms with Crippen molar-refractivity contribution in [3.8, 4) is 0 Å². The lowest BCUT2D eigenvalue weighted by molar-refractivity contribution is -0.121. The minimum Gasteiger partial charge on any atom is -0.352 e. The third-order valence-electron chi connectivity index (χ3n) is 2.76. The van der Waals surface area contributed by atoms with Crippen molar-refractivity contribution in [1.82, 2.24) is 15.6 Å². The van der Waals surface area contributed by atoms with Crippen molar-refractivity contribution in [3.05, 3.63) is 30.1 Å². The molecule has 2 N–H and O–H groups in total. The quantitative estimate of drug-likeness (QED) is 0.880. The highest BCUT2D eigenvalue weighted by atomic mass is 35.5. The highest BCUT2D eigenvalue weighted by Crippen LogP contribution is 2.01. The third kappa shape index (κ3) is 5.67. The molecular weight excluding hydrogens is 273 g/mol. The Morgan fingerprint density at radius 1 is 1.44 bits per heavy atom. The van der Waals surface area contributed by atoms with Gasteiger partial charge < -0.3 is 10.6 Å². The van der Waals surface area contributed by atoms with Crippen LogP contribution in [-0.2, 0) is 11.2 Å². The highest BCUT2D eigenvalue weighted by Gasteiger charge is 2.16. The Balaban J connectivity index is 0.00000144. The van der Waals surface area contributed by atoms with Crippen LogP contribution in [0.25, 0.3) is 0 Å². The van der Waals surface area contributed by atoms with E-state index in [1.54, 1.807) is 6.20 Å². The molecule has 0 saturated carbocycles. The lowest BCUT2D eigenvalue weighted by Crippen LogP contribution is -2.36. The number of nitrogens with one attached hydrogen (secondary N) is 2. The minimum absolute atomic E-state index is 0. The predicted octanol–water partition coefficient (Wildman–Crippen LogP) is 1.34. The predicted molar refractivity (Wildman–Crippen MR) is 76.5 cm³/mol. The Hall–Kier alpha value is -0.840. The maximum absolute atomic E-state index is 11.6. The zero-order valence-electron chi connectivity index (χ0n) is 10.1. The number of pyridine rings is 1. The van der Waals surface area contributed by atoms with Crippen LogP contribution >= 0.6 is 24.8 Å². The Kier molecular flexibility index (Phi) is 8.71. The van der Waals surface area contributed by atoms with Gasteiger partial charge in [-0.15, -0.1) is 24.8 Å². The van der Waals surface area contributed by atoms with Gasteiger partial charge in [0.25, 0.3) is 0 Å². The van der Waals surface area contributed by atoms with Gasteiger partial charge >= 0.3 is 0 Å². The van der Waals surface area contributed by atoms with Crippen LogP contribution in [0.3, 0.4) is 0 Å². The Labute approximate surface area is 120 Å². The SMILES string of the molecule is Cl.Cl.O=C(CCc1ccccn1)NC1CCNC1. The van der Waals surface area contributed by atoms with Crippen molar-refractivity contribution < 1.29 is 4.79 Å². The molecule has 1 atom stereocenters. The van der Waals surface area contributed by atoms with Crippen molar-refractivity contribution in [2.75, 3.05) is 13.1 Å². The maximum Gasteiger partial charge on any atom is 0.220 e. The van der Waals surface area contributed by atoms with Crippen molar-refractivity contribution in [2.24, 2.45) is 0 Å². The van der Waals surface area contributed by atoms with E-state index in [-0.39, 0.29) is 30.7 Å². The van der Waals surface area contributed by atoms with Crippen LogP contribution in [0, 0.1) is 0 Å². The van der Waals surface area contributed by atoms with Crippen LogP contribution < -0.4 is 10.6 Å². The summed E-state index contributed by atoms with van der Waals surface area (Å²) in [5.74, 6) is 0.124. The molecule has 0 spiro atoms. The molecule has 4 nitrogen and oxygen atoms in total. The van der Waals surface area contributed by atoms with E-state index >= 15 is 0 Å². The molecule has 0 radical (unpaired) electrons. The fourth-order valence-corrected chi connectivity index (χ4v) is 1.87. The molecule has 1 fully saturated rings. The molecule has 18 heavy (non-hydrogen) atoms. The summed E-state index contributed by atoms with van der Waals surface area (Å²) in [6.45, 7) is 1.90. The number of hydrogen-bond acceptors (Lipinski definition) is 3. The second-order valence-corrected chi connectivity index (χ2v) is 4.08. The molecule has 2 heterocycles. The molecule has 0 aliphatic carbocycles. The molecule has 1 amide bonds. The van der Waals surface area contributed by atoms with Gasteiger partial charge in [-0.2, -0.15) is 0 Å². The maximum atomic E-state index is 11.6. The lowest BCUT2D eigenvalue weighted by Gasteiger charge is -2.10. The van der Waals surface area contributed by atoms with E-state index in [2.05, 4.69) is 15.6 Å². The summed E-state index contributed by atoms with van der Waals surface area (Å²) in [5.41, 5.74) is 0.974. The summed E-state index contributed by atoms with van der Waals surface area (Å²) in [7, 11) is 0. The largest absolute Gasteiger partial charge is 0.352 e. The molecule has 1 aliphatic heterocycles. The van der Waals surface area contributed by atoms with Gasteiger partial charge in [-0.05, 0) is 31.5 Å². The third-order valence-corrected chi connectivity index (χ3v) is 2.76. The fourth-order valence-electron chi connectivity index (χ4n) is 1.87. The molecule has 1 aromatic heterocycles. The molecule has 0 aromatic carbocycles. The molecular formula is C12H19Cl2N3O. The Morgan fingerprint density at radius 2 is 2.28 bits per heavy atom. The average Bonchev–Trinajstić information content (AvgIpc) is 2.81. The van der Waals surface area contributed by atoms with Gasteiger partial charge in [-0.1, -0.05) is 6.07 Å². The van der Waals surface area contributed by atoms with Crippen LogP contribution in [0.4, 0.5) is 0 Å². The Bertz CT molecular complexity index is 342. The monoisotopic (exact) mass is 291 g/mol. The summed E-state index contributed by atoms with van der Waals surface area (Å²) < 4.78 is 0. The van der Waals surface area contributed by atoms with E-state index in [9.17, 15) is 4.79 Å². The normalized spacial score (nSPS) is 17.4. The molecule has 1 aliphatic rings. The van der Waals surface area contributed by atoms with Crippen molar-refractivity contribution >= 4 is 30.7 Å². The summed E-state index contributed by atoms with van der Waals surface area (Å²) in [5, 5.41) is 6.24. The van der Waals surface area contributed by atoms with Crippen molar-refractivity contribution in [3.63, 3.8) is 0 Å². The van der Waals surface area contributed by atoms with Gasteiger partial charge in [0.2, 0.25) is 5.91 Å². The molecule has 1 aromatic rings. The standard InChI is InChI=1S/C12H17N3O.2ClH/c16-12(15-11-6-8-13-9-11)5-4-10-3-1-2-7-14-10;;/h1-3,7,11,13H,4-6,8-9H2,(H,15,16);2*1H. The first kappa shape index (κ1) is 17.2. The topological polar surface area (TPSA) is 54.0 Å². The van der Waals surface area contributed by atoms with Crippen LogP contribution in [0.15, 0.2) is 24.4 Å². The van der Waals surface area contributed by atoms with Gasteiger partial charge in [-0.25, -0.2) is 0 Å². The lowest BCUT2D eigenvalue weighted by atomic mass is 10.2. The zero-order valence-corrected chi connectivity index (χ0v) is 11.7.